The second-order valence-electron chi connectivity index (χ2n) is 5.98. The highest BCUT2D eigenvalue weighted by molar-refractivity contribution is 6.07. The van der Waals surface area contributed by atoms with E-state index >= 15 is 0 Å². The molecule has 3 rings (SSSR count). The highest BCUT2D eigenvalue weighted by Gasteiger charge is 2.35. The molecule has 0 bridgehead atoms. The van der Waals surface area contributed by atoms with Crippen molar-refractivity contribution < 1.29 is 29.3 Å². The maximum absolute atomic E-state index is 12.8. The minimum Gasteiger partial charge on any atom is -0.507 e. The van der Waals surface area contributed by atoms with Gasteiger partial charge in [0.25, 0.3) is 0 Å². The molecule has 1 aliphatic heterocycles. The van der Waals surface area contributed by atoms with Crippen LogP contribution >= 0.6 is 0 Å². The first-order valence-electron chi connectivity index (χ1n) is 7.81. The Labute approximate surface area is 144 Å². The van der Waals surface area contributed by atoms with E-state index in [-0.39, 0.29) is 40.6 Å². The topological polar surface area (TPSA) is 93.1 Å². The third-order valence-electron chi connectivity index (χ3n) is 4.47. The number of benzene rings is 2. The lowest BCUT2D eigenvalue weighted by molar-refractivity contribution is 0.0824. The van der Waals surface area contributed by atoms with Crippen molar-refractivity contribution in [1.29, 1.82) is 0 Å². The second kappa shape index (κ2) is 6.47. The number of aldehydes is 1. The summed E-state index contributed by atoms with van der Waals surface area (Å²) in [4.78, 5) is 24.0. The molecule has 1 unspecified atom stereocenters. The predicted octanol–water partition coefficient (Wildman–Crippen LogP) is 2.66. The average molecular weight is 342 g/mol. The smallest absolute Gasteiger partial charge is 0.177 e. The highest BCUT2D eigenvalue weighted by atomic mass is 16.5. The number of ketones is 1. The fraction of sp³-hybridized carbons (Fsp3) is 0.263. The number of ether oxygens (including phenoxy) is 2. The molecule has 0 aliphatic carbocycles. The summed E-state index contributed by atoms with van der Waals surface area (Å²) in [6.45, 7) is 1.68. The van der Waals surface area contributed by atoms with Crippen molar-refractivity contribution in [3.63, 3.8) is 0 Å². The van der Waals surface area contributed by atoms with Gasteiger partial charge in [0.2, 0.25) is 0 Å². The van der Waals surface area contributed by atoms with Crippen LogP contribution in [0.1, 0.15) is 31.8 Å². The molecule has 0 amide bonds. The molecular weight excluding hydrogens is 324 g/mol. The number of phenolic OH excluding ortho intramolecular Hbond substituents is 2. The lowest BCUT2D eigenvalue weighted by Gasteiger charge is -2.27. The Bertz CT molecular complexity index is 838. The van der Waals surface area contributed by atoms with Gasteiger partial charge in [-0.1, -0.05) is 12.1 Å². The molecule has 2 aromatic rings. The standard InChI is InChI=1S/C19H18O6/c1-10-16(21)14(8-20)18(23)15-17(22)12(9-25-19(10)15)7-11-3-5-13(24-2)6-4-11/h3-6,8,12,21,23H,7,9H2,1-2H3. The Morgan fingerprint density at radius 2 is 1.92 bits per heavy atom. The number of hydrogen-bond acceptors (Lipinski definition) is 6. The highest BCUT2D eigenvalue weighted by Crippen LogP contribution is 2.44. The molecule has 0 spiro atoms. The second-order valence-corrected chi connectivity index (χ2v) is 5.98. The van der Waals surface area contributed by atoms with Crippen LogP contribution in [0.4, 0.5) is 0 Å². The lowest BCUT2D eigenvalue weighted by Crippen LogP contribution is -2.30. The predicted molar refractivity (Wildman–Crippen MR) is 89.9 cm³/mol. The van der Waals surface area contributed by atoms with Crippen LogP contribution in [0.3, 0.4) is 0 Å². The number of carbonyl (C=O) groups is 2. The number of hydrogen-bond donors (Lipinski definition) is 2. The Balaban J connectivity index is 1.95. The van der Waals surface area contributed by atoms with Crippen molar-refractivity contribution in [2.75, 3.05) is 13.7 Å². The number of carbonyl (C=O) groups excluding carboxylic acids is 2. The lowest BCUT2D eigenvalue weighted by atomic mass is 9.87. The number of rotatable bonds is 4. The Kier molecular flexibility index (Phi) is 4.35. The van der Waals surface area contributed by atoms with Gasteiger partial charge < -0.3 is 19.7 Å². The van der Waals surface area contributed by atoms with Crippen molar-refractivity contribution in [3.8, 4) is 23.0 Å². The van der Waals surface area contributed by atoms with Gasteiger partial charge in [0.15, 0.2) is 12.1 Å². The van der Waals surface area contributed by atoms with Gasteiger partial charge in [-0.2, -0.15) is 0 Å². The molecule has 1 aliphatic rings. The van der Waals surface area contributed by atoms with Crippen molar-refractivity contribution >= 4 is 12.1 Å². The van der Waals surface area contributed by atoms with E-state index in [0.29, 0.717) is 12.7 Å². The van der Waals surface area contributed by atoms with Gasteiger partial charge in [-0.15, -0.1) is 0 Å². The van der Waals surface area contributed by atoms with E-state index in [1.807, 2.05) is 24.3 Å². The minimum atomic E-state index is -0.530. The van der Waals surface area contributed by atoms with Crippen molar-refractivity contribution in [1.82, 2.24) is 0 Å². The first-order valence-corrected chi connectivity index (χ1v) is 7.81. The zero-order valence-corrected chi connectivity index (χ0v) is 13.9. The molecule has 2 N–H and O–H groups in total. The van der Waals surface area contributed by atoms with E-state index in [2.05, 4.69) is 0 Å². The van der Waals surface area contributed by atoms with Crippen LogP contribution in [0.25, 0.3) is 0 Å². The Morgan fingerprint density at radius 1 is 1.24 bits per heavy atom. The van der Waals surface area contributed by atoms with Gasteiger partial charge >= 0.3 is 0 Å². The molecule has 0 radical (unpaired) electrons. The summed E-state index contributed by atoms with van der Waals surface area (Å²) in [6.07, 6.45) is 0.760. The molecule has 2 aromatic carbocycles. The van der Waals surface area contributed by atoms with E-state index in [1.165, 1.54) is 6.92 Å². The van der Waals surface area contributed by atoms with E-state index in [9.17, 15) is 19.8 Å². The minimum absolute atomic E-state index is 0.0397. The van der Waals surface area contributed by atoms with Gasteiger partial charge in [0.1, 0.15) is 28.6 Å². The molecule has 1 atom stereocenters. The number of Topliss-reactive ketones (excluding diaryl/α,β-unsaturated/α-hetero) is 1. The molecule has 1 heterocycles. The summed E-state index contributed by atoms with van der Waals surface area (Å²) in [5.74, 6) is -0.836. The van der Waals surface area contributed by atoms with Crippen LogP contribution < -0.4 is 9.47 Å². The monoisotopic (exact) mass is 342 g/mol. The van der Waals surface area contributed by atoms with Crippen LogP contribution in [0.5, 0.6) is 23.0 Å². The normalized spacial score (nSPS) is 16.1. The third kappa shape index (κ3) is 2.80. The van der Waals surface area contributed by atoms with Crippen LogP contribution in [0.15, 0.2) is 24.3 Å². The molecule has 0 saturated heterocycles. The number of methoxy groups -OCH3 is 1. The largest absolute Gasteiger partial charge is 0.507 e. The van der Waals surface area contributed by atoms with Gasteiger partial charge in [0, 0.05) is 5.56 Å². The van der Waals surface area contributed by atoms with Gasteiger partial charge in [-0.3, -0.25) is 9.59 Å². The molecular formula is C19H18O6. The number of phenols is 2. The summed E-state index contributed by atoms with van der Waals surface area (Å²) in [7, 11) is 1.58. The molecule has 6 heteroatoms. The molecule has 0 saturated carbocycles. The Hall–Kier alpha value is -3.02. The molecule has 130 valence electrons. The van der Waals surface area contributed by atoms with Crippen LogP contribution in [-0.2, 0) is 6.42 Å². The summed E-state index contributed by atoms with van der Waals surface area (Å²) < 4.78 is 10.7. The first-order chi connectivity index (χ1) is 12.0. The van der Waals surface area contributed by atoms with E-state index in [0.717, 1.165) is 11.3 Å². The fourth-order valence-corrected chi connectivity index (χ4v) is 3.03. The number of aromatic hydroxyl groups is 2. The van der Waals surface area contributed by atoms with E-state index < -0.39 is 11.7 Å². The summed E-state index contributed by atoms with van der Waals surface area (Å²) in [6, 6.07) is 7.34. The maximum atomic E-state index is 12.8. The Morgan fingerprint density at radius 3 is 2.52 bits per heavy atom. The van der Waals surface area contributed by atoms with Gasteiger partial charge in [-0.05, 0) is 31.0 Å². The SMILES string of the molecule is COc1ccc(CC2COc3c(C)c(O)c(C=O)c(O)c3C2=O)cc1. The fourth-order valence-electron chi connectivity index (χ4n) is 3.03. The molecule has 0 aromatic heterocycles. The van der Waals surface area contributed by atoms with Crippen LogP contribution in [0.2, 0.25) is 0 Å². The van der Waals surface area contributed by atoms with E-state index in [4.69, 9.17) is 9.47 Å². The summed E-state index contributed by atoms with van der Waals surface area (Å²) >= 11 is 0. The zero-order chi connectivity index (χ0) is 18.1. The zero-order valence-electron chi connectivity index (χ0n) is 13.9. The van der Waals surface area contributed by atoms with Crippen LogP contribution in [-0.4, -0.2) is 36.0 Å². The van der Waals surface area contributed by atoms with Crippen molar-refractivity contribution in [3.05, 3.63) is 46.5 Å². The van der Waals surface area contributed by atoms with Crippen molar-refractivity contribution in [2.24, 2.45) is 5.92 Å². The van der Waals surface area contributed by atoms with Gasteiger partial charge in [-0.25, -0.2) is 0 Å². The number of fused-ring (bicyclic) bond motifs is 1. The van der Waals surface area contributed by atoms with Crippen LogP contribution in [0, 0.1) is 12.8 Å². The summed E-state index contributed by atoms with van der Waals surface area (Å²) in [5, 5.41) is 20.2. The molecule has 25 heavy (non-hydrogen) atoms. The molecule has 6 nitrogen and oxygen atoms in total. The van der Waals surface area contributed by atoms with E-state index in [1.54, 1.807) is 7.11 Å². The first kappa shape index (κ1) is 16.8. The quantitative estimate of drug-likeness (QED) is 0.830. The molecule has 0 fully saturated rings. The maximum Gasteiger partial charge on any atom is 0.177 e. The third-order valence-corrected chi connectivity index (χ3v) is 4.47. The summed E-state index contributed by atoms with van der Waals surface area (Å²) in [5.41, 5.74) is 0.864. The van der Waals surface area contributed by atoms with Gasteiger partial charge in [0.05, 0.1) is 25.2 Å². The van der Waals surface area contributed by atoms with Crippen molar-refractivity contribution in [2.45, 2.75) is 13.3 Å². The average Bonchev–Trinajstić information content (AvgIpc) is 2.62.